The number of aromatic nitrogens is 1. The first-order valence-electron chi connectivity index (χ1n) is 6.61. The fourth-order valence-electron chi connectivity index (χ4n) is 2.34. The third kappa shape index (κ3) is 2.32. The molecule has 4 nitrogen and oxygen atoms in total. The summed E-state index contributed by atoms with van der Waals surface area (Å²) in [5, 5.41) is 3.29. The van der Waals surface area contributed by atoms with Crippen molar-refractivity contribution >= 4 is 22.8 Å². The minimum absolute atomic E-state index is 0.126. The van der Waals surface area contributed by atoms with Crippen LogP contribution >= 0.6 is 0 Å². The number of hydrogen-bond donors (Lipinski definition) is 2. The number of benzene rings is 2. The van der Waals surface area contributed by atoms with E-state index in [4.69, 9.17) is 10.2 Å². The van der Waals surface area contributed by atoms with E-state index in [0.717, 1.165) is 11.1 Å². The Labute approximate surface area is 117 Å². The van der Waals surface area contributed by atoms with Crippen molar-refractivity contribution in [2.45, 2.75) is 19.9 Å². The summed E-state index contributed by atoms with van der Waals surface area (Å²) < 4.78 is 5.68. The van der Waals surface area contributed by atoms with E-state index in [1.54, 1.807) is 0 Å². The molecule has 0 saturated heterocycles. The fourth-order valence-corrected chi connectivity index (χ4v) is 2.34. The molecule has 0 bridgehead atoms. The van der Waals surface area contributed by atoms with Crippen molar-refractivity contribution in [3.8, 4) is 0 Å². The van der Waals surface area contributed by atoms with Crippen molar-refractivity contribution in [2.75, 3.05) is 11.1 Å². The SMILES string of the molecule is Cc1ccccc1C(C)Nc1nc2cc(N)ccc2o1. The molecule has 1 atom stereocenters. The summed E-state index contributed by atoms with van der Waals surface area (Å²) in [7, 11) is 0. The largest absolute Gasteiger partial charge is 0.424 e. The molecule has 2 aromatic carbocycles. The lowest BCUT2D eigenvalue weighted by molar-refractivity contribution is 0.603. The zero-order valence-corrected chi connectivity index (χ0v) is 11.6. The Bertz CT molecular complexity index is 748. The highest BCUT2D eigenvalue weighted by molar-refractivity contribution is 5.78. The molecular formula is C16H17N3O. The number of nitrogens with two attached hydrogens (primary N) is 1. The van der Waals surface area contributed by atoms with Gasteiger partial charge in [0.15, 0.2) is 5.58 Å². The second kappa shape index (κ2) is 4.89. The zero-order chi connectivity index (χ0) is 14.1. The van der Waals surface area contributed by atoms with E-state index in [9.17, 15) is 0 Å². The van der Waals surface area contributed by atoms with Gasteiger partial charge in [-0.3, -0.25) is 0 Å². The van der Waals surface area contributed by atoms with E-state index in [0.29, 0.717) is 11.7 Å². The molecule has 0 saturated carbocycles. The molecule has 1 heterocycles. The third-order valence-electron chi connectivity index (χ3n) is 3.41. The van der Waals surface area contributed by atoms with Crippen LogP contribution in [0.4, 0.5) is 11.7 Å². The summed E-state index contributed by atoms with van der Waals surface area (Å²) >= 11 is 0. The van der Waals surface area contributed by atoms with Crippen LogP contribution in [0.3, 0.4) is 0 Å². The molecule has 3 aromatic rings. The van der Waals surface area contributed by atoms with Gasteiger partial charge in [-0.2, -0.15) is 4.98 Å². The number of oxazole rings is 1. The monoisotopic (exact) mass is 267 g/mol. The van der Waals surface area contributed by atoms with Gasteiger partial charge in [-0.05, 0) is 43.2 Å². The van der Waals surface area contributed by atoms with E-state index in [2.05, 4.69) is 36.3 Å². The van der Waals surface area contributed by atoms with Crippen molar-refractivity contribution in [3.05, 3.63) is 53.6 Å². The molecule has 1 aromatic heterocycles. The Morgan fingerprint density at radius 2 is 2.00 bits per heavy atom. The Morgan fingerprint density at radius 3 is 2.80 bits per heavy atom. The van der Waals surface area contributed by atoms with Gasteiger partial charge >= 0.3 is 0 Å². The van der Waals surface area contributed by atoms with Crippen LogP contribution in [-0.2, 0) is 0 Å². The summed E-state index contributed by atoms with van der Waals surface area (Å²) in [5.41, 5.74) is 10.4. The lowest BCUT2D eigenvalue weighted by Gasteiger charge is -2.14. The smallest absolute Gasteiger partial charge is 0.296 e. The Kier molecular flexibility index (Phi) is 3.06. The van der Waals surface area contributed by atoms with Crippen molar-refractivity contribution in [2.24, 2.45) is 0 Å². The van der Waals surface area contributed by atoms with Crippen LogP contribution in [0.5, 0.6) is 0 Å². The number of aryl methyl sites for hydroxylation is 1. The van der Waals surface area contributed by atoms with Gasteiger partial charge in [0.25, 0.3) is 6.01 Å². The van der Waals surface area contributed by atoms with Gasteiger partial charge < -0.3 is 15.5 Å². The average Bonchev–Trinajstić information content (AvgIpc) is 2.80. The molecule has 3 N–H and O–H groups in total. The van der Waals surface area contributed by atoms with E-state index >= 15 is 0 Å². The summed E-state index contributed by atoms with van der Waals surface area (Å²) in [6, 6.07) is 14.4. The second-order valence-corrected chi connectivity index (χ2v) is 4.97. The molecule has 0 fully saturated rings. The van der Waals surface area contributed by atoms with Gasteiger partial charge in [-0.15, -0.1) is 0 Å². The first kappa shape index (κ1) is 12.5. The Balaban J connectivity index is 1.87. The Hall–Kier alpha value is -2.49. The highest BCUT2D eigenvalue weighted by atomic mass is 16.4. The predicted octanol–water partition coefficient (Wildman–Crippen LogP) is 3.89. The van der Waals surface area contributed by atoms with Crippen LogP contribution in [-0.4, -0.2) is 4.98 Å². The number of rotatable bonds is 3. The first-order valence-corrected chi connectivity index (χ1v) is 6.61. The molecule has 1 unspecified atom stereocenters. The topological polar surface area (TPSA) is 64.1 Å². The molecule has 0 aliphatic heterocycles. The lowest BCUT2D eigenvalue weighted by Crippen LogP contribution is -2.08. The van der Waals surface area contributed by atoms with Crippen LogP contribution in [0.1, 0.15) is 24.1 Å². The molecule has 3 rings (SSSR count). The maximum Gasteiger partial charge on any atom is 0.296 e. The lowest BCUT2D eigenvalue weighted by atomic mass is 10.0. The summed E-state index contributed by atoms with van der Waals surface area (Å²) in [6.07, 6.45) is 0. The minimum Gasteiger partial charge on any atom is -0.424 e. The molecule has 0 radical (unpaired) electrons. The van der Waals surface area contributed by atoms with Crippen molar-refractivity contribution in [3.63, 3.8) is 0 Å². The van der Waals surface area contributed by atoms with Gasteiger partial charge in [0.1, 0.15) is 5.52 Å². The number of fused-ring (bicyclic) bond motifs is 1. The summed E-state index contributed by atoms with van der Waals surface area (Å²) in [6.45, 7) is 4.19. The minimum atomic E-state index is 0.126. The number of anilines is 2. The summed E-state index contributed by atoms with van der Waals surface area (Å²) in [4.78, 5) is 4.41. The zero-order valence-electron chi connectivity index (χ0n) is 11.6. The number of hydrogen-bond acceptors (Lipinski definition) is 4. The van der Waals surface area contributed by atoms with Gasteiger partial charge in [0.2, 0.25) is 0 Å². The number of nitrogen functional groups attached to an aromatic ring is 1. The molecule has 102 valence electrons. The van der Waals surface area contributed by atoms with Crippen LogP contribution in [0.15, 0.2) is 46.9 Å². The van der Waals surface area contributed by atoms with Crippen molar-refractivity contribution in [1.29, 1.82) is 0 Å². The normalized spacial score (nSPS) is 12.5. The first-order chi connectivity index (χ1) is 9.63. The van der Waals surface area contributed by atoms with Crippen molar-refractivity contribution < 1.29 is 4.42 Å². The van der Waals surface area contributed by atoms with Gasteiger partial charge in [-0.25, -0.2) is 0 Å². The van der Waals surface area contributed by atoms with E-state index in [-0.39, 0.29) is 6.04 Å². The maximum atomic E-state index is 5.74. The van der Waals surface area contributed by atoms with Crippen molar-refractivity contribution in [1.82, 2.24) is 4.98 Å². The van der Waals surface area contributed by atoms with E-state index < -0.39 is 0 Å². The molecule has 0 spiro atoms. The summed E-state index contributed by atoms with van der Waals surface area (Å²) in [5.74, 6) is 0. The highest BCUT2D eigenvalue weighted by Gasteiger charge is 2.12. The molecule has 0 amide bonds. The predicted molar refractivity (Wildman–Crippen MR) is 81.6 cm³/mol. The van der Waals surface area contributed by atoms with Gasteiger partial charge in [-0.1, -0.05) is 24.3 Å². The third-order valence-corrected chi connectivity index (χ3v) is 3.41. The standard InChI is InChI=1S/C16H17N3O/c1-10-5-3-4-6-13(10)11(2)18-16-19-14-9-12(17)7-8-15(14)20-16/h3-9,11H,17H2,1-2H3,(H,18,19). The molecule has 0 aliphatic carbocycles. The molecule has 20 heavy (non-hydrogen) atoms. The molecule has 4 heteroatoms. The maximum absolute atomic E-state index is 5.74. The van der Waals surface area contributed by atoms with Crippen LogP contribution < -0.4 is 11.1 Å². The van der Waals surface area contributed by atoms with Crippen LogP contribution in [0, 0.1) is 6.92 Å². The molecular weight excluding hydrogens is 250 g/mol. The second-order valence-electron chi connectivity index (χ2n) is 4.97. The quantitative estimate of drug-likeness (QED) is 0.706. The number of nitrogens with zero attached hydrogens (tertiary/aromatic N) is 1. The average molecular weight is 267 g/mol. The molecule has 0 aliphatic rings. The van der Waals surface area contributed by atoms with Gasteiger partial charge in [0, 0.05) is 5.69 Å². The van der Waals surface area contributed by atoms with Gasteiger partial charge in [0.05, 0.1) is 6.04 Å². The number of nitrogens with one attached hydrogen (secondary N) is 1. The van der Waals surface area contributed by atoms with Crippen LogP contribution in [0.25, 0.3) is 11.1 Å². The van der Waals surface area contributed by atoms with E-state index in [1.807, 2.05) is 30.3 Å². The fraction of sp³-hybridized carbons (Fsp3) is 0.188. The van der Waals surface area contributed by atoms with E-state index in [1.165, 1.54) is 11.1 Å². The Morgan fingerprint density at radius 1 is 1.20 bits per heavy atom. The highest BCUT2D eigenvalue weighted by Crippen LogP contribution is 2.25. The van der Waals surface area contributed by atoms with Crippen LogP contribution in [0.2, 0.25) is 0 Å².